The van der Waals surface area contributed by atoms with Crippen molar-refractivity contribution in [1.82, 2.24) is 4.98 Å². The summed E-state index contributed by atoms with van der Waals surface area (Å²) in [5.41, 5.74) is 2.18. The maximum atomic E-state index is 12.0. The Hall–Kier alpha value is -2.20. The van der Waals surface area contributed by atoms with Crippen LogP contribution in [0.1, 0.15) is 0 Å². The molecule has 3 nitrogen and oxygen atoms in total. The molecule has 0 spiro atoms. The van der Waals surface area contributed by atoms with Crippen molar-refractivity contribution in [3.05, 3.63) is 65.4 Å². The molecule has 0 aliphatic carbocycles. The summed E-state index contributed by atoms with van der Waals surface area (Å²) in [6.45, 7) is 0. The fourth-order valence-electron chi connectivity index (χ4n) is 1.78. The van der Waals surface area contributed by atoms with Gasteiger partial charge in [0.15, 0.2) is 6.20 Å². The predicted octanol–water partition coefficient (Wildman–Crippen LogP) is 3.11. The molecule has 18 heavy (non-hydrogen) atoms. The molecular weight excluding hydrogens is 244 g/mol. The first kappa shape index (κ1) is 10.9. The number of thiophene rings is 1. The van der Waals surface area contributed by atoms with E-state index in [2.05, 4.69) is 4.98 Å². The van der Waals surface area contributed by atoms with Gasteiger partial charge in [0.25, 0.3) is 0 Å². The van der Waals surface area contributed by atoms with Crippen molar-refractivity contribution >= 4 is 11.3 Å². The Kier molecular flexibility index (Phi) is 2.78. The second-order valence-corrected chi connectivity index (χ2v) is 4.77. The molecule has 0 fully saturated rings. The Balaban J connectivity index is 2.05. The van der Waals surface area contributed by atoms with E-state index in [1.807, 2.05) is 47.8 Å². The predicted molar refractivity (Wildman–Crippen MR) is 71.9 cm³/mol. The molecule has 3 rings (SSSR count). The molecule has 0 aliphatic rings. The largest absolute Gasteiger partial charge is 0.618 e. The fraction of sp³-hybridized carbons (Fsp3) is 0. The third-order valence-electron chi connectivity index (χ3n) is 2.65. The lowest BCUT2D eigenvalue weighted by Gasteiger charge is -2.05. The summed E-state index contributed by atoms with van der Waals surface area (Å²) in [5.74, 6) is 0. The average Bonchev–Trinajstić information content (AvgIpc) is 2.93. The van der Waals surface area contributed by atoms with Gasteiger partial charge in [-0.25, -0.2) is 4.98 Å². The summed E-state index contributed by atoms with van der Waals surface area (Å²) < 4.78 is 0.872. The Morgan fingerprint density at radius 1 is 1.06 bits per heavy atom. The van der Waals surface area contributed by atoms with Gasteiger partial charge in [0, 0.05) is 17.1 Å². The molecule has 0 N–H and O–H groups in total. The highest BCUT2D eigenvalue weighted by atomic mass is 32.1. The van der Waals surface area contributed by atoms with E-state index in [0.29, 0.717) is 11.4 Å². The maximum absolute atomic E-state index is 12.0. The van der Waals surface area contributed by atoms with Gasteiger partial charge in [0.1, 0.15) is 5.69 Å². The molecule has 3 heterocycles. The molecule has 3 aromatic heterocycles. The average molecular weight is 254 g/mol. The Bertz CT molecular complexity index is 651. The number of nitrogens with zero attached hydrogens (tertiary/aromatic N) is 2. The third kappa shape index (κ3) is 1.98. The highest BCUT2D eigenvalue weighted by Crippen LogP contribution is 2.24. The zero-order valence-corrected chi connectivity index (χ0v) is 10.3. The molecule has 0 atom stereocenters. The smallest absolute Gasteiger partial charge is 0.242 e. The Morgan fingerprint density at radius 2 is 2.00 bits per heavy atom. The van der Waals surface area contributed by atoms with Gasteiger partial charge in [-0.1, -0.05) is 12.1 Å². The second kappa shape index (κ2) is 4.58. The van der Waals surface area contributed by atoms with Gasteiger partial charge < -0.3 is 5.21 Å². The molecule has 0 saturated heterocycles. The first-order valence-corrected chi connectivity index (χ1v) is 6.41. The lowest BCUT2D eigenvalue weighted by atomic mass is 10.2. The molecule has 0 aromatic carbocycles. The van der Waals surface area contributed by atoms with Crippen LogP contribution in [-0.4, -0.2) is 4.98 Å². The van der Waals surface area contributed by atoms with Gasteiger partial charge in [0.05, 0.1) is 5.56 Å². The quantitative estimate of drug-likeness (QED) is 0.520. The van der Waals surface area contributed by atoms with Crippen molar-refractivity contribution < 1.29 is 4.73 Å². The van der Waals surface area contributed by atoms with Crippen LogP contribution in [0.15, 0.2) is 60.2 Å². The normalized spacial score (nSPS) is 10.4. The van der Waals surface area contributed by atoms with Crippen molar-refractivity contribution in [2.75, 3.05) is 0 Å². The SMILES string of the molecule is [O-][n+]1cc(-c2cccs2)ccc1-c1ccccn1. The zero-order valence-electron chi connectivity index (χ0n) is 9.48. The van der Waals surface area contributed by atoms with E-state index in [9.17, 15) is 5.21 Å². The van der Waals surface area contributed by atoms with Crippen LogP contribution in [-0.2, 0) is 0 Å². The van der Waals surface area contributed by atoms with Crippen molar-refractivity contribution in [3.63, 3.8) is 0 Å². The van der Waals surface area contributed by atoms with Crippen LogP contribution in [0.4, 0.5) is 0 Å². The lowest BCUT2D eigenvalue weighted by molar-refractivity contribution is -0.593. The summed E-state index contributed by atoms with van der Waals surface area (Å²) in [6, 6.07) is 13.3. The van der Waals surface area contributed by atoms with Gasteiger partial charge in [-0.3, -0.25) is 0 Å². The molecule has 0 saturated carbocycles. The monoisotopic (exact) mass is 254 g/mol. The van der Waals surface area contributed by atoms with Crippen molar-refractivity contribution in [2.24, 2.45) is 0 Å². The van der Waals surface area contributed by atoms with Crippen LogP contribution in [0.5, 0.6) is 0 Å². The molecule has 0 amide bonds. The van der Waals surface area contributed by atoms with Crippen molar-refractivity contribution in [2.45, 2.75) is 0 Å². The fourth-order valence-corrected chi connectivity index (χ4v) is 2.50. The molecule has 3 aromatic rings. The summed E-state index contributed by atoms with van der Waals surface area (Å²) in [7, 11) is 0. The van der Waals surface area contributed by atoms with E-state index < -0.39 is 0 Å². The molecule has 0 bridgehead atoms. The third-order valence-corrected chi connectivity index (χ3v) is 3.57. The van der Waals surface area contributed by atoms with Gasteiger partial charge in [0.2, 0.25) is 5.69 Å². The van der Waals surface area contributed by atoms with Crippen LogP contribution in [0.3, 0.4) is 0 Å². The van der Waals surface area contributed by atoms with Crippen LogP contribution in [0.25, 0.3) is 21.8 Å². The minimum atomic E-state index is 0.566. The number of pyridine rings is 2. The minimum Gasteiger partial charge on any atom is -0.618 e. The van der Waals surface area contributed by atoms with E-state index in [4.69, 9.17) is 0 Å². The second-order valence-electron chi connectivity index (χ2n) is 3.82. The molecule has 0 aliphatic heterocycles. The Morgan fingerprint density at radius 3 is 2.67 bits per heavy atom. The number of hydrogen-bond donors (Lipinski definition) is 0. The highest BCUT2D eigenvalue weighted by molar-refractivity contribution is 7.13. The van der Waals surface area contributed by atoms with Gasteiger partial charge in [-0.15, -0.1) is 11.3 Å². The number of aromatic nitrogens is 2. The minimum absolute atomic E-state index is 0.566. The zero-order chi connectivity index (χ0) is 12.4. The van der Waals surface area contributed by atoms with Gasteiger partial charge in [-0.05, 0) is 29.6 Å². The number of rotatable bonds is 2. The van der Waals surface area contributed by atoms with E-state index in [1.54, 1.807) is 23.7 Å². The summed E-state index contributed by atoms with van der Waals surface area (Å²) in [5, 5.41) is 14.0. The first-order valence-electron chi connectivity index (χ1n) is 5.53. The topological polar surface area (TPSA) is 39.8 Å². The summed E-state index contributed by atoms with van der Waals surface area (Å²) in [4.78, 5) is 5.27. The van der Waals surface area contributed by atoms with Crippen molar-refractivity contribution in [3.8, 4) is 21.8 Å². The van der Waals surface area contributed by atoms with Crippen LogP contribution < -0.4 is 4.73 Å². The number of hydrogen-bond acceptors (Lipinski definition) is 3. The van der Waals surface area contributed by atoms with Gasteiger partial charge >= 0.3 is 0 Å². The van der Waals surface area contributed by atoms with Crippen LogP contribution >= 0.6 is 11.3 Å². The molecule has 0 unspecified atom stereocenters. The van der Waals surface area contributed by atoms with Gasteiger partial charge in [-0.2, -0.15) is 4.73 Å². The molecule has 4 heteroatoms. The highest BCUT2D eigenvalue weighted by Gasteiger charge is 2.11. The standard InChI is InChI=1S/C14H10N2OS/c17-16-10-11(14-5-3-9-18-14)6-7-13(16)12-4-1-2-8-15-12/h1-10H. The van der Waals surface area contributed by atoms with E-state index in [0.717, 1.165) is 15.2 Å². The van der Waals surface area contributed by atoms with Crippen LogP contribution in [0, 0.1) is 5.21 Å². The summed E-state index contributed by atoms with van der Waals surface area (Å²) in [6.07, 6.45) is 3.28. The van der Waals surface area contributed by atoms with Crippen LogP contribution in [0.2, 0.25) is 0 Å². The van der Waals surface area contributed by atoms with E-state index in [-0.39, 0.29) is 0 Å². The molecule has 0 radical (unpaired) electrons. The molecular formula is C14H10N2OS. The van der Waals surface area contributed by atoms with E-state index in [1.165, 1.54) is 0 Å². The Labute approximate surface area is 109 Å². The molecule has 88 valence electrons. The lowest BCUT2D eigenvalue weighted by Crippen LogP contribution is -2.28. The van der Waals surface area contributed by atoms with E-state index >= 15 is 0 Å². The van der Waals surface area contributed by atoms with Crippen molar-refractivity contribution in [1.29, 1.82) is 0 Å². The summed E-state index contributed by atoms with van der Waals surface area (Å²) >= 11 is 1.62. The maximum Gasteiger partial charge on any atom is 0.242 e. The first-order chi connectivity index (χ1) is 8.84.